The van der Waals surface area contributed by atoms with E-state index in [1.54, 1.807) is 20.8 Å². The van der Waals surface area contributed by atoms with Crippen molar-refractivity contribution in [1.29, 1.82) is 0 Å². The molecule has 0 saturated heterocycles. The van der Waals surface area contributed by atoms with Crippen LogP contribution in [0.25, 0.3) is 0 Å². The molecule has 0 saturated carbocycles. The Kier molecular flexibility index (Phi) is 14.4. The Bertz CT molecular complexity index is 825. The number of carbonyl (C=O) groups excluding carboxylic acids is 4. The molecular weight excluding hydrogens is 501 g/mol. The molecule has 11 nitrogen and oxygen atoms in total. The lowest BCUT2D eigenvalue weighted by Crippen LogP contribution is -2.46. The van der Waals surface area contributed by atoms with Crippen LogP contribution in [0.15, 0.2) is 12.2 Å². The van der Waals surface area contributed by atoms with Gasteiger partial charge in [0.05, 0.1) is 13.7 Å². The smallest absolute Gasteiger partial charge is 0.469 e. The van der Waals surface area contributed by atoms with Gasteiger partial charge in [-0.05, 0) is 62.9 Å². The van der Waals surface area contributed by atoms with Crippen molar-refractivity contribution >= 4 is 31.9 Å². The van der Waals surface area contributed by atoms with Crippen LogP contribution in [0, 0.1) is 17.8 Å². The van der Waals surface area contributed by atoms with Gasteiger partial charge < -0.3 is 25.4 Å². The Hall–Kier alpha value is -2.52. The van der Waals surface area contributed by atoms with Crippen LogP contribution in [-0.2, 0) is 32.9 Å². The largest absolute Gasteiger partial charge is 0.511 e. The molecule has 0 radical (unpaired) electrons. The lowest BCUT2D eigenvalue weighted by molar-refractivity contribution is -0.145. The third-order valence-electron chi connectivity index (χ3n) is 5.39. The lowest BCUT2D eigenvalue weighted by Gasteiger charge is -2.22. The highest BCUT2D eigenvalue weighted by molar-refractivity contribution is 7.39. The maximum atomic E-state index is 12.8. The van der Waals surface area contributed by atoms with E-state index < -0.39 is 49.7 Å². The number of rotatable bonds is 14. The number of ether oxygens (including phenoxy) is 2. The summed E-state index contributed by atoms with van der Waals surface area (Å²) >= 11 is 0. The van der Waals surface area contributed by atoms with Crippen molar-refractivity contribution in [2.45, 2.75) is 78.6 Å². The molecule has 1 aliphatic carbocycles. The van der Waals surface area contributed by atoms with E-state index >= 15 is 0 Å². The predicted octanol–water partition coefficient (Wildman–Crippen LogP) is 3.41. The van der Waals surface area contributed by atoms with Crippen molar-refractivity contribution in [3.8, 4) is 0 Å². The van der Waals surface area contributed by atoms with E-state index in [1.807, 2.05) is 13.8 Å². The van der Waals surface area contributed by atoms with Gasteiger partial charge in [0.25, 0.3) is 0 Å². The Morgan fingerprint density at radius 1 is 1.05 bits per heavy atom. The highest BCUT2D eigenvalue weighted by Crippen LogP contribution is 2.33. The van der Waals surface area contributed by atoms with Crippen molar-refractivity contribution in [3.05, 3.63) is 12.2 Å². The van der Waals surface area contributed by atoms with Gasteiger partial charge in [0, 0.05) is 6.42 Å². The van der Waals surface area contributed by atoms with E-state index in [0.29, 0.717) is 12.8 Å². The highest BCUT2D eigenvalue weighted by atomic mass is 31.1. The summed E-state index contributed by atoms with van der Waals surface area (Å²) in [6.45, 7) is 8.31. The van der Waals surface area contributed by atoms with Gasteiger partial charge in [0.15, 0.2) is 12.4 Å². The molecule has 210 valence electrons. The molecule has 3 amide bonds. The number of hydrogen-bond acceptors (Lipinski definition) is 8. The topological polar surface area (TPSA) is 149 Å². The van der Waals surface area contributed by atoms with Crippen LogP contribution in [0.2, 0.25) is 0 Å². The average Bonchev–Trinajstić information content (AvgIpc) is 2.79. The maximum absolute atomic E-state index is 12.8. The van der Waals surface area contributed by atoms with Gasteiger partial charge in [0.1, 0.15) is 18.1 Å². The van der Waals surface area contributed by atoms with Crippen LogP contribution in [0.4, 0.5) is 4.79 Å². The second-order valence-electron chi connectivity index (χ2n) is 10.5. The molecule has 0 aromatic rings. The molecule has 4 atom stereocenters. The van der Waals surface area contributed by atoms with Crippen LogP contribution in [0.3, 0.4) is 0 Å². The fourth-order valence-electron chi connectivity index (χ4n) is 3.79. The monoisotopic (exact) mass is 544 g/mol. The summed E-state index contributed by atoms with van der Waals surface area (Å²) < 4.78 is 28.5. The third kappa shape index (κ3) is 15.4. The molecule has 1 aliphatic rings. The first-order chi connectivity index (χ1) is 17.3. The summed E-state index contributed by atoms with van der Waals surface area (Å²) in [5.74, 6) is -1.68. The lowest BCUT2D eigenvalue weighted by atomic mass is 9.91. The number of carbonyl (C=O) groups is 4. The molecule has 0 aromatic carbocycles. The molecule has 3 N–H and O–H groups in total. The Labute approximate surface area is 220 Å². The molecule has 37 heavy (non-hydrogen) atoms. The van der Waals surface area contributed by atoms with Gasteiger partial charge in [-0.25, -0.2) is 4.79 Å². The quantitative estimate of drug-likeness (QED) is 0.130. The normalized spacial score (nSPS) is 17.4. The Morgan fingerprint density at radius 2 is 1.73 bits per heavy atom. The number of esters is 1. The Morgan fingerprint density at radius 3 is 2.30 bits per heavy atom. The summed E-state index contributed by atoms with van der Waals surface area (Å²) in [5.41, 5.74) is -0.698. The van der Waals surface area contributed by atoms with Crippen molar-refractivity contribution in [2.75, 3.05) is 26.4 Å². The minimum Gasteiger partial charge on any atom is -0.469 e. The first-order valence-corrected chi connectivity index (χ1v) is 14.0. The molecule has 0 aliphatic heterocycles. The minimum absolute atomic E-state index is 0.00972. The molecule has 0 heterocycles. The van der Waals surface area contributed by atoms with E-state index in [4.69, 9.17) is 14.0 Å². The molecule has 0 fully saturated rings. The van der Waals surface area contributed by atoms with Crippen LogP contribution in [0.5, 0.6) is 0 Å². The summed E-state index contributed by atoms with van der Waals surface area (Å²) in [4.78, 5) is 48.3. The van der Waals surface area contributed by atoms with Crippen LogP contribution in [0.1, 0.15) is 66.7 Å². The van der Waals surface area contributed by atoms with Crippen molar-refractivity contribution in [2.24, 2.45) is 17.8 Å². The van der Waals surface area contributed by atoms with E-state index in [0.717, 1.165) is 19.3 Å². The third-order valence-corrected chi connectivity index (χ3v) is 6.62. The summed E-state index contributed by atoms with van der Waals surface area (Å²) in [6, 6.07) is 0. The van der Waals surface area contributed by atoms with Gasteiger partial charge >= 0.3 is 20.1 Å². The van der Waals surface area contributed by atoms with Crippen LogP contribution in [-0.4, -0.2) is 62.1 Å². The number of allylic oxidation sites excluding steroid dienone is 2. The number of hydrogen-bond donors (Lipinski definition) is 3. The van der Waals surface area contributed by atoms with E-state index in [1.165, 1.54) is 7.11 Å². The van der Waals surface area contributed by atoms with Gasteiger partial charge in [-0.2, -0.15) is 0 Å². The SMILES string of the molecule is COC(=O)C(CC(C)C)C[P+](=O)OC(CC1CC=CCC1)NC(=O)CNC(=O)CNC(=O)OC(C)(C)C. The zero-order valence-electron chi connectivity index (χ0n) is 22.8. The first kappa shape index (κ1) is 32.5. The Balaban J connectivity index is 2.66. The van der Waals surface area contributed by atoms with Crippen molar-refractivity contribution in [3.63, 3.8) is 0 Å². The summed E-state index contributed by atoms with van der Waals surface area (Å²) in [7, 11) is -0.972. The van der Waals surface area contributed by atoms with Gasteiger partial charge in [-0.3, -0.25) is 14.4 Å². The predicted molar refractivity (Wildman–Crippen MR) is 139 cm³/mol. The zero-order valence-corrected chi connectivity index (χ0v) is 23.7. The first-order valence-electron chi connectivity index (χ1n) is 12.7. The fraction of sp³-hybridized carbons (Fsp3) is 0.760. The number of methoxy groups -OCH3 is 1. The van der Waals surface area contributed by atoms with Crippen molar-refractivity contribution < 1.29 is 37.7 Å². The maximum Gasteiger partial charge on any atom is 0.511 e. The summed E-state index contributed by atoms with van der Waals surface area (Å²) in [6.07, 6.45) is 6.16. The second kappa shape index (κ2) is 16.3. The van der Waals surface area contributed by atoms with E-state index in [9.17, 15) is 23.7 Å². The van der Waals surface area contributed by atoms with E-state index in [-0.39, 0.29) is 31.1 Å². The zero-order chi connectivity index (χ0) is 28.0. The van der Waals surface area contributed by atoms with Crippen LogP contribution >= 0.6 is 8.03 Å². The van der Waals surface area contributed by atoms with Gasteiger partial charge in [0.2, 0.25) is 11.8 Å². The fourth-order valence-corrected chi connectivity index (χ4v) is 4.95. The number of nitrogens with one attached hydrogen (secondary N) is 3. The molecule has 4 unspecified atom stereocenters. The molecular formula is C25H43N3O8P+. The standard InChI is InChI=1S/C25H42N3O8P/c1-17(2)12-19(23(31)34-6)16-37(33)36-22(13-18-10-8-7-9-11-18)28-21(30)15-26-20(29)14-27-24(32)35-25(3,4)5/h7-8,17-19,22H,9-16H2,1-6H3,(H2-,26,27,28,29,30,32)/p+1. The molecule has 12 heteroatoms. The minimum atomic E-state index is -2.26. The van der Waals surface area contributed by atoms with Gasteiger partial charge in [-0.15, -0.1) is 4.52 Å². The van der Waals surface area contributed by atoms with Crippen molar-refractivity contribution in [1.82, 2.24) is 16.0 Å². The highest BCUT2D eigenvalue weighted by Gasteiger charge is 2.35. The van der Waals surface area contributed by atoms with E-state index in [2.05, 4.69) is 28.1 Å². The molecule has 0 spiro atoms. The molecule has 1 rings (SSSR count). The molecule has 0 aromatic heterocycles. The molecule has 0 bridgehead atoms. The second-order valence-corrected chi connectivity index (χ2v) is 11.8. The number of alkyl carbamates (subject to hydrolysis) is 1. The summed E-state index contributed by atoms with van der Waals surface area (Å²) in [5, 5.41) is 7.43. The van der Waals surface area contributed by atoms with Gasteiger partial charge in [-0.1, -0.05) is 26.0 Å². The van der Waals surface area contributed by atoms with Crippen LogP contribution < -0.4 is 16.0 Å². The number of amides is 3. The average molecular weight is 545 g/mol.